The molecule has 0 fully saturated rings. The molecule has 0 N–H and O–H groups in total. The van der Waals surface area contributed by atoms with Crippen LogP contribution in [0.4, 0.5) is 0 Å². The molecular weight excluding hydrogens is 260 g/mol. The van der Waals surface area contributed by atoms with Crippen molar-refractivity contribution in [3.05, 3.63) is 46.9 Å². The Morgan fingerprint density at radius 2 is 1.90 bits per heavy atom. The molecule has 2 aromatic heterocycles. The molecule has 0 bridgehead atoms. The zero-order chi connectivity index (χ0) is 14.4. The zero-order valence-corrected chi connectivity index (χ0v) is 12.4. The number of hydrogen-bond acceptors (Lipinski definition) is 3. The van der Waals surface area contributed by atoms with Crippen LogP contribution in [0.2, 0.25) is 0 Å². The lowest BCUT2D eigenvalue weighted by Crippen LogP contribution is -2.12. The molecule has 0 aliphatic heterocycles. The van der Waals surface area contributed by atoms with Gasteiger partial charge in [0.15, 0.2) is 0 Å². The molecule has 106 valence electrons. The van der Waals surface area contributed by atoms with E-state index in [1.165, 1.54) is 35.2 Å². The van der Waals surface area contributed by atoms with Crippen LogP contribution in [0, 0.1) is 13.8 Å². The van der Waals surface area contributed by atoms with Crippen LogP contribution in [-0.4, -0.2) is 19.6 Å². The largest absolute Gasteiger partial charge is 0.284 e. The molecule has 1 aromatic carbocycles. The van der Waals surface area contributed by atoms with E-state index in [0.29, 0.717) is 5.78 Å². The summed E-state index contributed by atoms with van der Waals surface area (Å²) in [6, 6.07) is 6.47. The summed E-state index contributed by atoms with van der Waals surface area (Å²) in [5.41, 5.74) is 7.11. The maximum atomic E-state index is 4.67. The Bertz CT molecular complexity index is 832. The molecular formula is C17H18N4. The van der Waals surface area contributed by atoms with Gasteiger partial charge >= 0.3 is 0 Å². The van der Waals surface area contributed by atoms with Gasteiger partial charge in [0.1, 0.15) is 0 Å². The average Bonchev–Trinajstić information content (AvgIpc) is 2.91. The second-order valence-electron chi connectivity index (χ2n) is 5.92. The van der Waals surface area contributed by atoms with Gasteiger partial charge in [-0.25, -0.2) is 4.98 Å². The molecule has 4 nitrogen and oxygen atoms in total. The van der Waals surface area contributed by atoms with E-state index in [2.05, 4.69) is 57.8 Å². The fourth-order valence-electron chi connectivity index (χ4n) is 3.22. The monoisotopic (exact) mass is 278 g/mol. The van der Waals surface area contributed by atoms with Gasteiger partial charge in [0.25, 0.3) is 5.78 Å². The second kappa shape index (κ2) is 4.65. The minimum Gasteiger partial charge on any atom is -0.284 e. The molecule has 1 aliphatic carbocycles. The van der Waals surface area contributed by atoms with Crippen molar-refractivity contribution in [2.45, 2.75) is 39.5 Å². The quantitative estimate of drug-likeness (QED) is 0.686. The number of nitrogens with zero attached hydrogens (tertiary/aromatic N) is 4. The molecule has 4 heteroatoms. The Kier molecular flexibility index (Phi) is 2.77. The van der Waals surface area contributed by atoms with Gasteiger partial charge in [-0.2, -0.15) is 5.10 Å². The van der Waals surface area contributed by atoms with Crippen molar-refractivity contribution >= 4 is 5.78 Å². The second-order valence-corrected chi connectivity index (χ2v) is 5.92. The van der Waals surface area contributed by atoms with E-state index < -0.39 is 0 Å². The first-order valence-electron chi connectivity index (χ1n) is 7.53. The Labute approximate surface area is 123 Å². The van der Waals surface area contributed by atoms with E-state index in [4.69, 9.17) is 0 Å². The molecule has 0 amide bonds. The predicted octanol–water partition coefficient (Wildman–Crippen LogP) is 3.29. The van der Waals surface area contributed by atoms with Crippen LogP contribution in [0.25, 0.3) is 17.0 Å². The minimum absolute atomic E-state index is 0.714. The Morgan fingerprint density at radius 3 is 2.76 bits per heavy atom. The van der Waals surface area contributed by atoms with Gasteiger partial charge in [-0.05, 0) is 45.1 Å². The maximum absolute atomic E-state index is 4.67. The highest BCUT2D eigenvalue weighted by Gasteiger charge is 2.17. The van der Waals surface area contributed by atoms with E-state index >= 15 is 0 Å². The van der Waals surface area contributed by atoms with Gasteiger partial charge < -0.3 is 0 Å². The highest BCUT2D eigenvalue weighted by molar-refractivity contribution is 5.65. The molecule has 0 spiro atoms. The summed E-state index contributed by atoms with van der Waals surface area (Å²) in [4.78, 5) is 4.67. The summed E-state index contributed by atoms with van der Waals surface area (Å²) < 4.78 is 2.14. The third-order valence-electron chi connectivity index (χ3n) is 4.31. The summed E-state index contributed by atoms with van der Waals surface area (Å²) in [6.45, 7) is 4.25. The summed E-state index contributed by atoms with van der Waals surface area (Å²) in [7, 11) is 0. The third-order valence-corrected chi connectivity index (χ3v) is 4.31. The van der Waals surface area contributed by atoms with E-state index in [-0.39, 0.29) is 0 Å². The summed E-state index contributed by atoms with van der Waals surface area (Å²) in [5, 5.41) is 8.65. The van der Waals surface area contributed by atoms with Crippen LogP contribution < -0.4 is 0 Å². The van der Waals surface area contributed by atoms with Crippen molar-refractivity contribution in [2.24, 2.45) is 0 Å². The van der Waals surface area contributed by atoms with Crippen LogP contribution >= 0.6 is 0 Å². The van der Waals surface area contributed by atoms with Crippen LogP contribution in [-0.2, 0) is 12.8 Å². The van der Waals surface area contributed by atoms with Gasteiger partial charge in [-0.15, -0.1) is 5.10 Å². The SMILES string of the molecule is Cc1ccc(-c2cn3c4c(nnc3n2)CCCC4)c(C)c1. The minimum atomic E-state index is 0.714. The first-order chi connectivity index (χ1) is 10.2. The van der Waals surface area contributed by atoms with Crippen LogP contribution in [0.5, 0.6) is 0 Å². The lowest BCUT2D eigenvalue weighted by atomic mass is 10.0. The Balaban J connectivity index is 1.91. The molecule has 0 unspecified atom stereocenters. The van der Waals surface area contributed by atoms with Crippen molar-refractivity contribution in [1.82, 2.24) is 19.6 Å². The van der Waals surface area contributed by atoms with Gasteiger partial charge in [-0.3, -0.25) is 4.40 Å². The van der Waals surface area contributed by atoms with Crippen molar-refractivity contribution in [1.29, 1.82) is 0 Å². The molecule has 3 aromatic rings. The van der Waals surface area contributed by atoms with Gasteiger partial charge in [0.05, 0.1) is 11.4 Å². The fraction of sp³-hybridized carbons (Fsp3) is 0.353. The van der Waals surface area contributed by atoms with Crippen LogP contribution in [0.1, 0.15) is 35.4 Å². The number of aryl methyl sites for hydroxylation is 4. The lowest BCUT2D eigenvalue weighted by molar-refractivity contribution is 0.627. The zero-order valence-electron chi connectivity index (χ0n) is 12.4. The molecule has 0 saturated heterocycles. The number of aromatic nitrogens is 4. The van der Waals surface area contributed by atoms with E-state index in [9.17, 15) is 0 Å². The topological polar surface area (TPSA) is 43.1 Å². The third kappa shape index (κ3) is 2.02. The summed E-state index contributed by atoms with van der Waals surface area (Å²) >= 11 is 0. The standard InChI is InChI=1S/C17H18N4/c1-11-7-8-13(12(2)9-11)15-10-21-16-6-4-3-5-14(16)19-20-17(21)18-15/h7-10H,3-6H2,1-2H3. The van der Waals surface area contributed by atoms with E-state index in [1.54, 1.807) is 0 Å². The van der Waals surface area contributed by atoms with Crippen molar-refractivity contribution < 1.29 is 0 Å². The average molecular weight is 278 g/mol. The van der Waals surface area contributed by atoms with Crippen LogP contribution in [0.3, 0.4) is 0 Å². The first kappa shape index (κ1) is 12.5. The number of benzene rings is 1. The normalized spacial score (nSPS) is 14.4. The number of rotatable bonds is 1. The maximum Gasteiger partial charge on any atom is 0.254 e. The molecule has 21 heavy (non-hydrogen) atoms. The van der Waals surface area contributed by atoms with Gasteiger partial charge in [0, 0.05) is 17.5 Å². The Morgan fingerprint density at radius 1 is 1.05 bits per heavy atom. The smallest absolute Gasteiger partial charge is 0.254 e. The predicted molar refractivity (Wildman–Crippen MR) is 82.3 cm³/mol. The van der Waals surface area contributed by atoms with Crippen molar-refractivity contribution in [2.75, 3.05) is 0 Å². The summed E-state index contributed by atoms with van der Waals surface area (Å²) in [5.74, 6) is 0.714. The van der Waals surface area contributed by atoms with Crippen LogP contribution in [0.15, 0.2) is 24.4 Å². The lowest BCUT2D eigenvalue weighted by Gasteiger charge is -2.14. The van der Waals surface area contributed by atoms with Crippen molar-refractivity contribution in [3.8, 4) is 11.3 Å². The van der Waals surface area contributed by atoms with Gasteiger partial charge in [-0.1, -0.05) is 23.8 Å². The summed E-state index contributed by atoms with van der Waals surface area (Å²) in [6.07, 6.45) is 6.67. The molecule has 2 heterocycles. The number of hydrogen-bond donors (Lipinski definition) is 0. The molecule has 0 atom stereocenters. The number of fused-ring (bicyclic) bond motifs is 3. The van der Waals surface area contributed by atoms with Crippen molar-refractivity contribution in [3.63, 3.8) is 0 Å². The highest BCUT2D eigenvalue weighted by Crippen LogP contribution is 2.26. The molecule has 4 rings (SSSR count). The fourth-order valence-corrected chi connectivity index (χ4v) is 3.22. The first-order valence-corrected chi connectivity index (χ1v) is 7.53. The van der Waals surface area contributed by atoms with E-state index in [0.717, 1.165) is 24.2 Å². The highest BCUT2D eigenvalue weighted by atomic mass is 15.2. The number of imidazole rings is 1. The Hall–Kier alpha value is -2.23. The molecule has 1 aliphatic rings. The van der Waals surface area contributed by atoms with E-state index in [1.807, 2.05) is 0 Å². The van der Waals surface area contributed by atoms with Gasteiger partial charge in [0.2, 0.25) is 0 Å². The molecule has 0 saturated carbocycles. The molecule has 0 radical (unpaired) electrons.